The second-order valence-electron chi connectivity index (χ2n) is 3.70. The molecular formula is C11H10F3N3O. The van der Waals surface area contributed by atoms with Crippen molar-refractivity contribution in [3.63, 3.8) is 0 Å². The first-order valence-corrected chi connectivity index (χ1v) is 5.22. The number of carbonyl (C=O) groups excluding carboxylic acids is 1. The van der Waals surface area contributed by atoms with Crippen molar-refractivity contribution in [2.45, 2.75) is 12.6 Å². The summed E-state index contributed by atoms with van der Waals surface area (Å²) in [6, 6.07) is 4.62. The molecule has 2 aromatic heterocycles. The molecule has 4 nitrogen and oxygen atoms in total. The molecule has 2 N–H and O–H groups in total. The summed E-state index contributed by atoms with van der Waals surface area (Å²) in [7, 11) is 0. The molecule has 0 saturated heterocycles. The largest absolute Gasteiger partial charge is 0.456 e. The molecular weight excluding hydrogens is 247 g/mol. The lowest BCUT2D eigenvalue weighted by Gasteiger charge is -2.02. The van der Waals surface area contributed by atoms with Crippen LogP contribution in [0.4, 0.5) is 13.2 Å². The Morgan fingerprint density at radius 3 is 2.72 bits per heavy atom. The van der Waals surface area contributed by atoms with Crippen molar-refractivity contribution in [3.05, 3.63) is 35.9 Å². The molecule has 18 heavy (non-hydrogen) atoms. The second kappa shape index (κ2) is 4.41. The normalized spacial score (nSPS) is 12.0. The molecule has 0 spiro atoms. The average molecular weight is 257 g/mol. The van der Waals surface area contributed by atoms with E-state index in [0.717, 1.165) is 0 Å². The third kappa shape index (κ3) is 2.08. The number of imidazole rings is 1. The molecule has 0 aromatic carbocycles. The minimum Gasteiger partial charge on any atom is -0.330 e. The summed E-state index contributed by atoms with van der Waals surface area (Å²) in [5, 5.41) is 0. The zero-order chi connectivity index (χ0) is 13.3. The van der Waals surface area contributed by atoms with Gasteiger partial charge < -0.3 is 10.1 Å². The molecule has 0 aliphatic heterocycles. The summed E-state index contributed by atoms with van der Waals surface area (Å²) in [4.78, 5) is 15.0. The van der Waals surface area contributed by atoms with Gasteiger partial charge in [-0.2, -0.15) is 13.2 Å². The quantitative estimate of drug-likeness (QED) is 0.849. The standard InChI is InChI=1S/C11H10F3N3O/c12-11(13,14)10(18)9-7-3-1-2-6-17(7)8(16-9)4-5-15/h1-3,6H,4-5,15H2. The molecule has 0 fully saturated rings. The van der Waals surface area contributed by atoms with E-state index in [1.807, 2.05) is 0 Å². The molecule has 0 radical (unpaired) electrons. The Labute approximate surface area is 100 Å². The van der Waals surface area contributed by atoms with Gasteiger partial charge in [-0.3, -0.25) is 4.79 Å². The van der Waals surface area contributed by atoms with Gasteiger partial charge in [0.1, 0.15) is 11.5 Å². The van der Waals surface area contributed by atoms with Crippen molar-refractivity contribution in [1.82, 2.24) is 9.38 Å². The first-order valence-electron chi connectivity index (χ1n) is 5.22. The molecule has 0 aliphatic carbocycles. The maximum atomic E-state index is 12.4. The van der Waals surface area contributed by atoms with E-state index in [9.17, 15) is 18.0 Å². The van der Waals surface area contributed by atoms with Crippen LogP contribution in [-0.2, 0) is 6.42 Å². The number of rotatable bonds is 3. The van der Waals surface area contributed by atoms with E-state index in [1.54, 1.807) is 18.3 Å². The zero-order valence-electron chi connectivity index (χ0n) is 9.24. The number of nitrogens with zero attached hydrogens (tertiary/aromatic N) is 2. The van der Waals surface area contributed by atoms with Gasteiger partial charge in [-0.05, 0) is 18.7 Å². The van der Waals surface area contributed by atoms with Crippen LogP contribution in [0, 0.1) is 0 Å². The van der Waals surface area contributed by atoms with Crippen LogP contribution in [0.15, 0.2) is 24.4 Å². The number of pyridine rings is 1. The van der Waals surface area contributed by atoms with Crippen molar-refractivity contribution in [2.75, 3.05) is 6.54 Å². The number of hydrogen-bond donors (Lipinski definition) is 1. The van der Waals surface area contributed by atoms with Crippen molar-refractivity contribution in [1.29, 1.82) is 0 Å². The Morgan fingerprint density at radius 2 is 2.11 bits per heavy atom. The average Bonchev–Trinajstić information content (AvgIpc) is 2.67. The number of aromatic nitrogens is 2. The van der Waals surface area contributed by atoms with Gasteiger partial charge in [0.2, 0.25) is 0 Å². The number of alkyl halides is 3. The van der Waals surface area contributed by atoms with Crippen LogP contribution >= 0.6 is 0 Å². The topological polar surface area (TPSA) is 60.4 Å². The van der Waals surface area contributed by atoms with Crippen molar-refractivity contribution < 1.29 is 18.0 Å². The first-order chi connectivity index (χ1) is 8.45. The van der Waals surface area contributed by atoms with Crippen LogP contribution in [0.2, 0.25) is 0 Å². The van der Waals surface area contributed by atoms with Gasteiger partial charge >= 0.3 is 6.18 Å². The van der Waals surface area contributed by atoms with E-state index in [2.05, 4.69) is 4.98 Å². The summed E-state index contributed by atoms with van der Waals surface area (Å²) in [5.41, 5.74) is 4.93. The van der Waals surface area contributed by atoms with Crippen molar-refractivity contribution in [2.24, 2.45) is 5.73 Å². The summed E-state index contributed by atoms with van der Waals surface area (Å²) in [6.07, 6.45) is -3.07. The minimum atomic E-state index is -4.93. The Kier molecular flexibility index (Phi) is 3.08. The van der Waals surface area contributed by atoms with Gasteiger partial charge in [-0.25, -0.2) is 4.98 Å². The Bertz CT molecular complexity index is 589. The van der Waals surface area contributed by atoms with Gasteiger partial charge in [0, 0.05) is 12.6 Å². The number of ketones is 1. The van der Waals surface area contributed by atoms with E-state index in [-0.39, 0.29) is 12.1 Å². The number of nitrogens with two attached hydrogens (primary N) is 1. The molecule has 2 rings (SSSR count). The second-order valence-corrected chi connectivity index (χ2v) is 3.70. The van der Waals surface area contributed by atoms with Crippen LogP contribution in [0.3, 0.4) is 0 Å². The number of Topliss-reactive ketones (excluding diaryl/α,β-unsaturated/α-hetero) is 1. The summed E-state index contributed by atoms with van der Waals surface area (Å²) in [5.74, 6) is -1.59. The van der Waals surface area contributed by atoms with Gasteiger partial charge in [0.25, 0.3) is 5.78 Å². The predicted octanol–water partition coefficient (Wildman–Crippen LogP) is 1.58. The summed E-state index contributed by atoms with van der Waals surface area (Å²) < 4.78 is 38.8. The molecule has 0 bridgehead atoms. The lowest BCUT2D eigenvalue weighted by molar-refractivity contribution is -0.0887. The van der Waals surface area contributed by atoms with E-state index < -0.39 is 17.7 Å². The predicted molar refractivity (Wildman–Crippen MR) is 58.3 cm³/mol. The van der Waals surface area contributed by atoms with Crippen molar-refractivity contribution >= 4 is 11.3 Å². The number of hydrogen-bond acceptors (Lipinski definition) is 3. The molecule has 7 heteroatoms. The van der Waals surface area contributed by atoms with Gasteiger partial charge in [0.15, 0.2) is 0 Å². The molecule has 0 amide bonds. The molecule has 2 aromatic rings. The fraction of sp³-hybridized carbons (Fsp3) is 0.273. The van der Waals surface area contributed by atoms with Crippen LogP contribution in [0.1, 0.15) is 16.3 Å². The van der Waals surface area contributed by atoms with Gasteiger partial charge in [0.05, 0.1) is 5.52 Å². The number of fused-ring (bicyclic) bond motifs is 1. The Balaban J connectivity index is 2.61. The molecule has 0 aliphatic rings. The maximum Gasteiger partial charge on any atom is 0.456 e. The molecule has 2 heterocycles. The minimum absolute atomic E-state index is 0.142. The van der Waals surface area contributed by atoms with Crippen LogP contribution < -0.4 is 5.73 Å². The SMILES string of the molecule is NCCc1nc(C(=O)C(F)(F)F)c2ccccn12. The number of halogens is 3. The van der Waals surface area contributed by atoms with E-state index in [1.165, 1.54) is 10.5 Å². The van der Waals surface area contributed by atoms with Crippen molar-refractivity contribution in [3.8, 4) is 0 Å². The Morgan fingerprint density at radius 1 is 1.39 bits per heavy atom. The highest BCUT2D eigenvalue weighted by molar-refractivity contribution is 6.04. The van der Waals surface area contributed by atoms with Crippen LogP contribution in [0.25, 0.3) is 5.52 Å². The van der Waals surface area contributed by atoms with Gasteiger partial charge in [-0.1, -0.05) is 6.07 Å². The van der Waals surface area contributed by atoms with Crippen LogP contribution in [0.5, 0.6) is 0 Å². The fourth-order valence-corrected chi connectivity index (χ4v) is 1.71. The number of carbonyl (C=O) groups is 1. The third-order valence-corrected chi connectivity index (χ3v) is 2.46. The van der Waals surface area contributed by atoms with Crippen LogP contribution in [-0.4, -0.2) is 27.9 Å². The molecule has 0 saturated carbocycles. The van der Waals surface area contributed by atoms with E-state index in [0.29, 0.717) is 12.2 Å². The summed E-state index contributed by atoms with van der Waals surface area (Å²) >= 11 is 0. The maximum absolute atomic E-state index is 12.4. The molecule has 96 valence electrons. The highest BCUT2D eigenvalue weighted by Crippen LogP contribution is 2.24. The monoisotopic (exact) mass is 257 g/mol. The van der Waals surface area contributed by atoms with E-state index in [4.69, 9.17) is 5.73 Å². The molecule has 0 unspecified atom stereocenters. The third-order valence-electron chi connectivity index (χ3n) is 2.46. The lowest BCUT2D eigenvalue weighted by Crippen LogP contribution is -2.23. The lowest BCUT2D eigenvalue weighted by atomic mass is 10.2. The summed E-state index contributed by atoms with van der Waals surface area (Å²) in [6.45, 7) is 0.244. The highest BCUT2D eigenvalue weighted by Gasteiger charge is 2.42. The molecule has 0 atom stereocenters. The smallest absolute Gasteiger partial charge is 0.330 e. The van der Waals surface area contributed by atoms with E-state index >= 15 is 0 Å². The van der Waals surface area contributed by atoms with Gasteiger partial charge in [-0.15, -0.1) is 0 Å². The first kappa shape index (κ1) is 12.6. The fourth-order valence-electron chi connectivity index (χ4n) is 1.71. The Hall–Kier alpha value is -1.89. The highest BCUT2D eigenvalue weighted by atomic mass is 19.4. The zero-order valence-corrected chi connectivity index (χ0v) is 9.24.